The molecule has 2 nitrogen and oxygen atoms in total. The van der Waals surface area contributed by atoms with Gasteiger partial charge in [-0.3, -0.25) is 4.98 Å². The predicted octanol–water partition coefficient (Wildman–Crippen LogP) is 6.62. The molecule has 0 aliphatic carbocycles. The second-order valence-electron chi connectivity index (χ2n) is 6.99. The van der Waals surface area contributed by atoms with Gasteiger partial charge in [0, 0.05) is 34.5 Å². The van der Waals surface area contributed by atoms with E-state index in [0.717, 1.165) is 41.8 Å². The summed E-state index contributed by atoms with van der Waals surface area (Å²) in [5.74, 6) is 0.956. The number of ether oxygens (including phenoxy) is 1. The Kier molecular flexibility index (Phi) is 6.57. The van der Waals surface area contributed by atoms with Crippen molar-refractivity contribution in [1.29, 1.82) is 0 Å². The fraction of sp³-hybridized carbons (Fsp3) is 0.500. The molecule has 0 saturated heterocycles. The molecule has 1 aromatic heterocycles. The standard InChI is InChI=1S/C22H30FNO/c1-7-9-16(8-2)21-11-10-17(15(5)24-21)19-12-18(14(3)4)20(23)13-22(19)25-6/h10-14,16H,7-9H2,1-6H3. The van der Waals surface area contributed by atoms with Crippen LogP contribution >= 0.6 is 0 Å². The SMILES string of the molecule is CCCC(CC)c1ccc(-c2cc(C(C)C)c(F)cc2OC)c(C)n1. The highest BCUT2D eigenvalue weighted by Gasteiger charge is 2.18. The quantitative estimate of drug-likeness (QED) is 0.563. The molecule has 0 radical (unpaired) electrons. The Balaban J connectivity index is 2.53. The molecule has 0 N–H and O–H groups in total. The van der Waals surface area contributed by atoms with E-state index in [1.54, 1.807) is 7.11 Å². The van der Waals surface area contributed by atoms with Crippen LogP contribution in [0.3, 0.4) is 0 Å². The van der Waals surface area contributed by atoms with Crippen molar-refractivity contribution < 1.29 is 9.13 Å². The topological polar surface area (TPSA) is 22.1 Å². The van der Waals surface area contributed by atoms with E-state index >= 15 is 0 Å². The van der Waals surface area contributed by atoms with Crippen LogP contribution in [-0.2, 0) is 0 Å². The number of hydrogen-bond donors (Lipinski definition) is 0. The van der Waals surface area contributed by atoms with Crippen LogP contribution < -0.4 is 4.74 Å². The first-order chi connectivity index (χ1) is 11.9. The summed E-state index contributed by atoms with van der Waals surface area (Å²) in [5, 5.41) is 0. The van der Waals surface area contributed by atoms with Gasteiger partial charge in [0.05, 0.1) is 7.11 Å². The monoisotopic (exact) mass is 343 g/mol. The molecule has 0 amide bonds. The van der Waals surface area contributed by atoms with Gasteiger partial charge in [-0.15, -0.1) is 0 Å². The fourth-order valence-corrected chi connectivity index (χ4v) is 3.40. The lowest BCUT2D eigenvalue weighted by molar-refractivity contribution is 0.412. The number of aryl methyl sites for hydroxylation is 1. The molecule has 136 valence electrons. The maximum atomic E-state index is 14.3. The maximum Gasteiger partial charge on any atom is 0.130 e. The second-order valence-corrected chi connectivity index (χ2v) is 6.99. The highest BCUT2D eigenvalue weighted by molar-refractivity contribution is 5.73. The number of pyridine rings is 1. The second kappa shape index (κ2) is 8.46. The highest BCUT2D eigenvalue weighted by Crippen LogP contribution is 2.37. The molecular weight excluding hydrogens is 313 g/mol. The van der Waals surface area contributed by atoms with Gasteiger partial charge < -0.3 is 4.74 Å². The third-order valence-electron chi connectivity index (χ3n) is 4.89. The van der Waals surface area contributed by atoms with Crippen LogP contribution in [0.1, 0.15) is 75.7 Å². The van der Waals surface area contributed by atoms with E-state index in [4.69, 9.17) is 9.72 Å². The fourth-order valence-electron chi connectivity index (χ4n) is 3.40. The smallest absolute Gasteiger partial charge is 0.130 e. The Morgan fingerprint density at radius 3 is 2.36 bits per heavy atom. The zero-order chi connectivity index (χ0) is 18.6. The van der Waals surface area contributed by atoms with Crippen LogP contribution in [0.4, 0.5) is 4.39 Å². The van der Waals surface area contributed by atoms with Crippen molar-refractivity contribution in [3.05, 3.63) is 47.0 Å². The molecule has 1 unspecified atom stereocenters. The third kappa shape index (κ3) is 4.20. The van der Waals surface area contributed by atoms with E-state index in [9.17, 15) is 4.39 Å². The molecule has 0 bridgehead atoms. The normalized spacial score (nSPS) is 12.5. The van der Waals surface area contributed by atoms with E-state index in [1.807, 2.05) is 26.8 Å². The van der Waals surface area contributed by atoms with E-state index in [1.165, 1.54) is 6.07 Å². The average Bonchev–Trinajstić information content (AvgIpc) is 2.59. The van der Waals surface area contributed by atoms with Gasteiger partial charge in [-0.25, -0.2) is 4.39 Å². The molecule has 25 heavy (non-hydrogen) atoms. The molecule has 1 heterocycles. The zero-order valence-corrected chi connectivity index (χ0v) is 16.3. The molecule has 0 fully saturated rings. The van der Waals surface area contributed by atoms with Crippen LogP contribution in [0.5, 0.6) is 5.75 Å². The van der Waals surface area contributed by atoms with E-state index < -0.39 is 0 Å². The molecule has 2 rings (SSSR count). The summed E-state index contributed by atoms with van der Waals surface area (Å²) in [4.78, 5) is 4.86. The number of rotatable bonds is 7. The van der Waals surface area contributed by atoms with Crippen molar-refractivity contribution in [2.45, 2.75) is 65.7 Å². The van der Waals surface area contributed by atoms with E-state index in [-0.39, 0.29) is 11.7 Å². The van der Waals surface area contributed by atoms with Crippen molar-refractivity contribution in [3.63, 3.8) is 0 Å². The summed E-state index contributed by atoms with van der Waals surface area (Å²) in [5.41, 5.74) is 4.74. The van der Waals surface area contributed by atoms with Gasteiger partial charge >= 0.3 is 0 Å². The molecule has 1 atom stereocenters. The molecule has 2 aromatic rings. The molecule has 0 aliphatic rings. The molecule has 0 saturated carbocycles. The first-order valence-corrected chi connectivity index (χ1v) is 9.28. The number of hydrogen-bond acceptors (Lipinski definition) is 2. The Labute approximate surface area is 151 Å². The lowest BCUT2D eigenvalue weighted by Crippen LogP contribution is -2.03. The minimum Gasteiger partial charge on any atom is -0.496 e. The van der Waals surface area contributed by atoms with Crippen LogP contribution in [0.2, 0.25) is 0 Å². The van der Waals surface area contributed by atoms with E-state index in [0.29, 0.717) is 17.2 Å². The molecule has 3 heteroatoms. The first kappa shape index (κ1) is 19.4. The highest BCUT2D eigenvalue weighted by atomic mass is 19.1. The van der Waals surface area contributed by atoms with Gasteiger partial charge in [0.2, 0.25) is 0 Å². The Morgan fingerprint density at radius 1 is 1.12 bits per heavy atom. The van der Waals surface area contributed by atoms with Gasteiger partial charge in [0.25, 0.3) is 0 Å². The number of benzene rings is 1. The third-order valence-corrected chi connectivity index (χ3v) is 4.89. The van der Waals surface area contributed by atoms with Crippen molar-refractivity contribution in [1.82, 2.24) is 4.98 Å². The Morgan fingerprint density at radius 2 is 1.84 bits per heavy atom. The van der Waals surface area contributed by atoms with Crippen LogP contribution in [0.15, 0.2) is 24.3 Å². The summed E-state index contributed by atoms with van der Waals surface area (Å²) >= 11 is 0. The van der Waals surface area contributed by atoms with Crippen molar-refractivity contribution in [2.75, 3.05) is 7.11 Å². The summed E-state index contributed by atoms with van der Waals surface area (Å²) in [7, 11) is 1.58. The summed E-state index contributed by atoms with van der Waals surface area (Å²) in [6.07, 6.45) is 3.40. The van der Waals surface area contributed by atoms with Crippen LogP contribution in [-0.4, -0.2) is 12.1 Å². The minimum absolute atomic E-state index is 0.117. The van der Waals surface area contributed by atoms with Gasteiger partial charge in [-0.2, -0.15) is 0 Å². The summed E-state index contributed by atoms with van der Waals surface area (Å²) in [6.45, 7) is 10.4. The molecule has 1 aromatic carbocycles. The van der Waals surface area contributed by atoms with Crippen LogP contribution in [0.25, 0.3) is 11.1 Å². The summed E-state index contributed by atoms with van der Waals surface area (Å²) in [6, 6.07) is 7.62. The van der Waals surface area contributed by atoms with Crippen LogP contribution in [0, 0.1) is 12.7 Å². The average molecular weight is 343 g/mol. The zero-order valence-electron chi connectivity index (χ0n) is 16.3. The predicted molar refractivity (Wildman–Crippen MR) is 103 cm³/mol. The molecular formula is C22H30FNO. The minimum atomic E-state index is -0.216. The number of aromatic nitrogens is 1. The van der Waals surface area contributed by atoms with Gasteiger partial charge in [-0.05, 0) is 43.4 Å². The first-order valence-electron chi connectivity index (χ1n) is 9.28. The van der Waals surface area contributed by atoms with Gasteiger partial charge in [-0.1, -0.05) is 40.2 Å². The molecule has 0 spiro atoms. The number of halogens is 1. The van der Waals surface area contributed by atoms with Gasteiger partial charge in [0.15, 0.2) is 0 Å². The lowest BCUT2D eigenvalue weighted by Gasteiger charge is -2.18. The number of methoxy groups -OCH3 is 1. The number of nitrogens with zero attached hydrogens (tertiary/aromatic N) is 1. The van der Waals surface area contributed by atoms with Crippen molar-refractivity contribution in [2.24, 2.45) is 0 Å². The summed E-state index contributed by atoms with van der Waals surface area (Å²) < 4.78 is 19.7. The van der Waals surface area contributed by atoms with Gasteiger partial charge in [0.1, 0.15) is 11.6 Å². The Hall–Kier alpha value is -1.90. The Bertz CT molecular complexity index is 724. The van der Waals surface area contributed by atoms with Crippen molar-refractivity contribution >= 4 is 0 Å². The maximum absolute atomic E-state index is 14.3. The lowest BCUT2D eigenvalue weighted by atomic mass is 9.93. The van der Waals surface area contributed by atoms with Crippen molar-refractivity contribution in [3.8, 4) is 16.9 Å². The molecule has 0 aliphatic heterocycles. The van der Waals surface area contributed by atoms with E-state index in [2.05, 4.69) is 26.0 Å². The largest absolute Gasteiger partial charge is 0.496 e.